The maximum absolute atomic E-state index is 6.03. The van der Waals surface area contributed by atoms with Crippen LogP contribution in [0.15, 0.2) is 24.3 Å². The number of hydrogen-bond donors (Lipinski definition) is 0. The molecule has 0 radical (unpaired) electrons. The van der Waals surface area contributed by atoms with E-state index in [2.05, 4.69) is 59.7 Å². The molecule has 1 nitrogen and oxygen atoms in total. The molecule has 0 aliphatic carbocycles. The minimum Gasteiger partial charge on any atom is -0.488 e. The molecular weight excluding hydrogens is 208 g/mol. The third-order valence-corrected chi connectivity index (χ3v) is 3.74. The summed E-state index contributed by atoms with van der Waals surface area (Å²) in [5.74, 6) is 0.982. The highest BCUT2D eigenvalue weighted by Gasteiger charge is 2.20. The Morgan fingerprint density at radius 3 is 2.18 bits per heavy atom. The van der Waals surface area contributed by atoms with E-state index in [-0.39, 0.29) is 11.0 Å². The van der Waals surface area contributed by atoms with Gasteiger partial charge in [0.15, 0.2) is 0 Å². The molecular formula is C16H26O. The molecule has 0 aliphatic rings. The van der Waals surface area contributed by atoms with Gasteiger partial charge in [-0.05, 0) is 49.8 Å². The lowest BCUT2D eigenvalue weighted by Gasteiger charge is -2.27. The van der Waals surface area contributed by atoms with E-state index < -0.39 is 0 Å². The van der Waals surface area contributed by atoms with E-state index in [9.17, 15) is 0 Å². The minimum absolute atomic E-state index is 0.0883. The molecule has 0 amide bonds. The zero-order valence-corrected chi connectivity index (χ0v) is 12.1. The van der Waals surface area contributed by atoms with Crippen molar-refractivity contribution in [3.05, 3.63) is 29.8 Å². The minimum atomic E-state index is -0.0883. The molecule has 0 unspecified atom stereocenters. The fourth-order valence-electron chi connectivity index (χ4n) is 1.58. The van der Waals surface area contributed by atoms with Crippen LogP contribution in [0.4, 0.5) is 0 Å². The predicted molar refractivity (Wildman–Crippen MR) is 74.8 cm³/mol. The van der Waals surface area contributed by atoms with Crippen molar-refractivity contribution in [2.75, 3.05) is 0 Å². The Bertz CT molecular complexity index is 364. The van der Waals surface area contributed by atoms with Crippen LogP contribution in [0.25, 0.3) is 0 Å². The smallest absolute Gasteiger partial charge is 0.120 e. The van der Waals surface area contributed by atoms with Crippen molar-refractivity contribution in [1.29, 1.82) is 0 Å². The number of ether oxygens (including phenoxy) is 1. The van der Waals surface area contributed by atoms with E-state index in [0.29, 0.717) is 0 Å². The van der Waals surface area contributed by atoms with Gasteiger partial charge in [0.25, 0.3) is 0 Å². The van der Waals surface area contributed by atoms with Crippen LogP contribution < -0.4 is 4.74 Å². The van der Waals surface area contributed by atoms with Crippen molar-refractivity contribution in [3.63, 3.8) is 0 Å². The summed E-state index contributed by atoms with van der Waals surface area (Å²) in [4.78, 5) is 0. The van der Waals surface area contributed by atoms with Gasteiger partial charge < -0.3 is 4.74 Å². The molecule has 1 aromatic rings. The van der Waals surface area contributed by atoms with Gasteiger partial charge in [-0.15, -0.1) is 0 Å². The standard InChI is InChI=1S/C16H26O/c1-7-15(3,4)13-10-9-11-14(12-13)17-16(5,6)8-2/h9-12H,7-8H2,1-6H3. The Labute approximate surface area is 106 Å². The molecule has 1 rings (SSSR count). The molecule has 17 heavy (non-hydrogen) atoms. The first kappa shape index (κ1) is 14.1. The van der Waals surface area contributed by atoms with E-state index in [0.717, 1.165) is 18.6 Å². The average molecular weight is 234 g/mol. The largest absolute Gasteiger partial charge is 0.488 e. The molecule has 0 aromatic heterocycles. The molecule has 0 fully saturated rings. The monoisotopic (exact) mass is 234 g/mol. The molecule has 1 heteroatoms. The number of benzene rings is 1. The molecule has 1 aromatic carbocycles. The van der Waals surface area contributed by atoms with Crippen LogP contribution in [0.5, 0.6) is 5.75 Å². The maximum Gasteiger partial charge on any atom is 0.120 e. The van der Waals surface area contributed by atoms with Crippen LogP contribution in [-0.4, -0.2) is 5.60 Å². The van der Waals surface area contributed by atoms with Crippen molar-refractivity contribution in [2.45, 2.75) is 65.4 Å². The molecule has 0 saturated carbocycles. The topological polar surface area (TPSA) is 9.23 Å². The SMILES string of the molecule is CCC(C)(C)Oc1cccc(C(C)(C)CC)c1. The lowest BCUT2D eigenvalue weighted by molar-refractivity contribution is 0.105. The fraction of sp³-hybridized carbons (Fsp3) is 0.625. The van der Waals surface area contributed by atoms with Crippen molar-refractivity contribution in [1.82, 2.24) is 0 Å². The molecule has 0 saturated heterocycles. The summed E-state index contributed by atoms with van der Waals surface area (Å²) in [5, 5.41) is 0. The van der Waals surface area contributed by atoms with Gasteiger partial charge in [0.2, 0.25) is 0 Å². The van der Waals surface area contributed by atoms with Crippen LogP contribution >= 0.6 is 0 Å². The van der Waals surface area contributed by atoms with E-state index in [1.165, 1.54) is 5.56 Å². The van der Waals surface area contributed by atoms with E-state index >= 15 is 0 Å². The second-order valence-electron chi connectivity index (χ2n) is 5.98. The summed E-state index contributed by atoms with van der Waals surface area (Å²) >= 11 is 0. The van der Waals surface area contributed by atoms with Crippen LogP contribution in [-0.2, 0) is 5.41 Å². The lowest BCUT2D eigenvalue weighted by atomic mass is 9.82. The Morgan fingerprint density at radius 1 is 1.00 bits per heavy atom. The van der Waals surface area contributed by atoms with Crippen molar-refractivity contribution >= 4 is 0 Å². The first-order chi connectivity index (χ1) is 7.80. The van der Waals surface area contributed by atoms with Gasteiger partial charge in [-0.3, -0.25) is 0 Å². The summed E-state index contributed by atoms with van der Waals surface area (Å²) in [7, 11) is 0. The molecule has 96 valence electrons. The van der Waals surface area contributed by atoms with Crippen LogP contribution in [0.2, 0.25) is 0 Å². The zero-order chi connectivity index (χ0) is 13.1. The van der Waals surface area contributed by atoms with Gasteiger partial charge in [0.1, 0.15) is 11.4 Å². The van der Waals surface area contributed by atoms with Gasteiger partial charge in [-0.25, -0.2) is 0 Å². The van der Waals surface area contributed by atoms with E-state index in [4.69, 9.17) is 4.74 Å². The van der Waals surface area contributed by atoms with Gasteiger partial charge in [-0.1, -0.05) is 39.8 Å². The fourth-order valence-corrected chi connectivity index (χ4v) is 1.58. The Morgan fingerprint density at radius 2 is 1.65 bits per heavy atom. The van der Waals surface area contributed by atoms with E-state index in [1.54, 1.807) is 0 Å². The maximum atomic E-state index is 6.03. The first-order valence-electron chi connectivity index (χ1n) is 6.60. The van der Waals surface area contributed by atoms with Gasteiger partial charge in [0, 0.05) is 0 Å². The van der Waals surface area contributed by atoms with Crippen molar-refractivity contribution in [3.8, 4) is 5.75 Å². The van der Waals surface area contributed by atoms with Crippen molar-refractivity contribution in [2.24, 2.45) is 0 Å². The second-order valence-corrected chi connectivity index (χ2v) is 5.98. The lowest BCUT2D eigenvalue weighted by Crippen LogP contribution is -2.27. The molecule has 0 atom stereocenters. The second kappa shape index (κ2) is 5.12. The molecule has 0 aliphatic heterocycles. The normalized spacial score (nSPS) is 12.6. The summed E-state index contributed by atoms with van der Waals surface area (Å²) in [5.41, 5.74) is 1.48. The third-order valence-electron chi connectivity index (χ3n) is 3.74. The number of hydrogen-bond acceptors (Lipinski definition) is 1. The highest BCUT2D eigenvalue weighted by atomic mass is 16.5. The summed E-state index contributed by atoms with van der Waals surface area (Å²) in [6, 6.07) is 8.51. The Hall–Kier alpha value is -0.980. The van der Waals surface area contributed by atoms with Gasteiger partial charge >= 0.3 is 0 Å². The first-order valence-corrected chi connectivity index (χ1v) is 6.60. The highest BCUT2D eigenvalue weighted by molar-refractivity contribution is 5.33. The molecule has 0 heterocycles. The van der Waals surface area contributed by atoms with E-state index in [1.807, 2.05) is 6.07 Å². The van der Waals surface area contributed by atoms with Crippen LogP contribution in [0, 0.1) is 0 Å². The van der Waals surface area contributed by atoms with Crippen LogP contribution in [0.3, 0.4) is 0 Å². The number of rotatable bonds is 5. The summed E-state index contributed by atoms with van der Waals surface area (Å²) < 4.78 is 6.03. The Balaban J connectivity index is 2.94. The summed E-state index contributed by atoms with van der Waals surface area (Å²) in [6.45, 7) is 13.2. The third kappa shape index (κ3) is 3.76. The predicted octanol–water partition coefficient (Wildman–Crippen LogP) is 4.94. The molecule has 0 N–H and O–H groups in total. The Kier molecular flexibility index (Phi) is 4.24. The quantitative estimate of drug-likeness (QED) is 0.701. The summed E-state index contributed by atoms with van der Waals surface area (Å²) in [6.07, 6.45) is 2.14. The van der Waals surface area contributed by atoms with Crippen LogP contribution in [0.1, 0.15) is 59.9 Å². The van der Waals surface area contributed by atoms with Gasteiger partial charge in [-0.2, -0.15) is 0 Å². The average Bonchev–Trinajstić information content (AvgIpc) is 2.29. The molecule has 0 bridgehead atoms. The molecule has 0 spiro atoms. The van der Waals surface area contributed by atoms with Gasteiger partial charge in [0.05, 0.1) is 0 Å². The van der Waals surface area contributed by atoms with Crippen molar-refractivity contribution < 1.29 is 4.74 Å². The zero-order valence-electron chi connectivity index (χ0n) is 12.1. The highest BCUT2D eigenvalue weighted by Crippen LogP contribution is 2.30.